The molecule has 0 fully saturated rings. The topological polar surface area (TPSA) is 78.9 Å². The van der Waals surface area contributed by atoms with Gasteiger partial charge in [-0.1, -0.05) is 38.1 Å². The minimum atomic E-state index is -0.319. The summed E-state index contributed by atoms with van der Waals surface area (Å²) in [4.78, 5) is 23.2. The molecule has 5 heteroatoms. The van der Waals surface area contributed by atoms with Crippen molar-refractivity contribution in [2.75, 3.05) is 0 Å². The second-order valence-corrected chi connectivity index (χ2v) is 5.21. The van der Waals surface area contributed by atoms with Crippen molar-refractivity contribution >= 4 is 10.8 Å². The van der Waals surface area contributed by atoms with E-state index in [-0.39, 0.29) is 17.4 Å². The molecule has 2 N–H and O–H groups in total. The van der Waals surface area contributed by atoms with Crippen LogP contribution in [0.25, 0.3) is 22.2 Å². The molecule has 0 saturated carbocycles. The first-order chi connectivity index (χ1) is 10.1. The summed E-state index contributed by atoms with van der Waals surface area (Å²) in [6, 6.07) is 7.70. The van der Waals surface area contributed by atoms with Crippen molar-refractivity contribution in [2.24, 2.45) is 0 Å². The van der Waals surface area contributed by atoms with Crippen molar-refractivity contribution < 1.29 is 5.11 Å². The molecule has 0 bridgehead atoms. The Morgan fingerprint density at radius 2 is 1.95 bits per heavy atom. The monoisotopic (exact) mass is 281 g/mol. The molecule has 5 nitrogen and oxygen atoms in total. The quantitative estimate of drug-likeness (QED) is 0.757. The lowest BCUT2D eigenvalue weighted by Gasteiger charge is -2.09. The van der Waals surface area contributed by atoms with Crippen LogP contribution in [0.15, 0.2) is 41.5 Å². The third-order valence-electron chi connectivity index (χ3n) is 3.44. The molecule has 1 aromatic carbocycles. The molecule has 0 unspecified atom stereocenters. The number of nitrogens with zero attached hydrogens (tertiary/aromatic N) is 2. The van der Waals surface area contributed by atoms with Gasteiger partial charge in [-0.25, -0.2) is 0 Å². The Hall–Kier alpha value is -2.69. The van der Waals surface area contributed by atoms with Gasteiger partial charge in [0.15, 0.2) is 0 Å². The second kappa shape index (κ2) is 5.01. The number of rotatable bonds is 2. The van der Waals surface area contributed by atoms with Gasteiger partial charge in [0.05, 0.1) is 5.56 Å². The number of pyridine rings is 1. The number of aromatic amines is 1. The van der Waals surface area contributed by atoms with Crippen molar-refractivity contribution in [1.82, 2.24) is 15.0 Å². The number of hydrogen-bond donors (Lipinski definition) is 2. The number of H-pyrrole nitrogens is 1. The molecule has 0 spiro atoms. The van der Waals surface area contributed by atoms with E-state index in [2.05, 4.69) is 15.0 Å². The number of aromatic hydroxyl groups is 1. The van der Waals surface area contributed by atoms with Crippen molar-refractivity contribution in [3.63, 3.8) is 0 Å². The molecule has 0 amide bonds. The highest BCUT2D eigenvalue weighted by Gasteiger charge is 2.16. The molecule has 2 heterocycles. The van der Waals surface area contributed by atoms with E-state index in [1.54, 1.807) is 12.4 Å². The van der Waals surface area contributed by atoms with E-state index in [4.69, 9.17) is 0 Å². The van der Waals surface area contributed by atoms with Gasteiger partial charge in [-0.05, 0) is 11.3 Å². The average Bonchev–Trinajstić information content (AvgIpc) is 2.45. The SMILES string of the molecule is CC(C)c1c(O)nc(-c2cncc3ccccc23)[nH]c1=O. The first-order valence-electron chi connectivity index (χ1n) is 6.74. The van der Waals surface area contributed by atoms with Crippen LogP contribution in [0.3, 0.4) is 0 Å². The largest absolute Gasteiger partial charge is 0.493 e. The molecule has 0 aliphatic carbocycles. The predicted molar refractivity (Wildman–Crippen MR) is 81.3 cm³/mol. The fourth-order valence-corrected chi connectivity index (χ4v) is 2.42. The van der Waals surface area contributed by atoms with Crippen LogP contribution in [0.2, 0.25) is 0 Å². The van der Waals surface area contributed by atoms with E-state index in [0.29, 0.717) is 17.0 Å². The normalized spacial score (nSPS) is 11.2. The van der Waals surface area contributed by atoms with Crippen LogP contribution < -0.4 is 5.56 Å². The second-order valence-electron chi connectivity index (χ2n) is 5.21. The Bertz CT molecular complexity index is 864. The summed E-state index contributed by atoms with van der Waals surface area (Å²) in [6.45, 7) is 3.68. The van der Waals surface area contributed by atoms with Crippen LogP contribution in [-0.4, -0.2) is 20.1 Å². The van der Waals surface area contributed by atoms with Crippen LogP contribution in [0.4, 0.5) is 0 Å². The Balaban J connectivity index is 2.27. The number of benzene rings is 1. The van der Waals surface area contributed by atoms with E-state index >= 15 is 0 Å². The molecule has 106 valence electrons. The molecule has 21 heavy (non-hydrogen) atoms. The zero-order valence-corrected chi connectivity index (χ0v) is 11.8. The van der Waals surface area contributed by atoms with Crippen LogP contribution >= 0.6 is 0 Å². The molecule has 3 rings (SSSR count). The standard InChI is InChI=1S/C16H15N3O2/c1-9(2)13-15(20)18-14(19-16(13)21)12-8-17-7-10-5-3-4-6-11(10)12/h3-9H,1-2H3,(H2,18,19,20,21). The van der Waals surface area contributed by atoms with E-state index in [0.717, 1.165) is 10.8 Å². The first-order valence-corrected chi connectivity index (χ1v) is 6.74. The van der Waals surface area contributed by atoms with Crippen molar-refractivity contribution in [1.29, 1.82) is 0 Å². The van der Waals surface area contributed by atoms with Gasteiger partial charge in [-0.15, -0.1) is 0 Å². The van der Waals surface area contributed by atoms with E-state index < -0.39 is 0 Å². The van der Waals surface area contributed by atoms with Crippen molar-refractivity contribution in [2.45, 2.75) is 19.8 Å². The fraction of sp³-hybridized carbons (Fsp3) is 0.188. The van der Waals surface area contributed by atoms with Gasteiger partial charge in [0.25, 0.3) is 5.56 Å². The van der Waals surface area contributed by atoms with Gasteiger partial charge in [0.2, 0.25) is 5.88 Å². The van der Waals surface area contributed by atoms with Gasteiger partial charge < -0.3 is 10.1 Å². The first kappa shape index (κ1) is 13.3. The molecule has 0 atom stereocenters. The maximum absolute atomic E-state index is 12.1. The molecule has 3 aromatic rings. The average molecular weight is 281 g/mol. The van der Waals surface area contributed by atoms with Gasteiger partial charge in [0.1, 0.15) is 5.82 Å². The highest BCUT2D eigenvalue weighted by Crippen LogP contribution is 2.27. The number of aromatic nitrogens is 3. The smallest absolute Gasteiger partial charge is 0.258 e. The lowest BCUT2D eigenvalue weighted by molar-refractivity contribution is 0.440. The molecule has 0 saturated heterocycles. The summed E-state index contributed by atoms with van der Waals surface area (Å²) < 4.78 is 0. The summed E-state index contributed by atoms with van der Waals surface area (Å²) in [5.41, 5.74) is 0.670. The predicted octanol–water partition coefficient (Wildman–Crippen LogP) is 2.81. The highest BCUT2D eigenvalue weighted by molar-refractivity contribution is 5.94. The molecule has 0 aliphatic rings. The van der Waals surface area contributed by atoms with Crippen molar-refractivity contribution in [3.8, 4) is 17.3 Å². The van der Waals surface area contributed by atoms with E-state index in [1.807, 2.05) is 38.1 Å². The zero-order valence-electron chi connectivity index (χ0n) is 11.8. The van der Waals surface area contributed by atoms with Crippen LogP contribution in [0, 0.1) is 0 Å². The molecular formula is C16H15N3O2. The lowest BCUT2D eigenvalue weighted by Crippen LogP contribution is -2.16. The van der Waals surface area contributed by atoms with Crippen LogP contribution in [-0.2, 0) is 0 Å². The Labute approximate surface area is 121 Å². The van der Waals surface area contributed by atoms with E-state index in [9.17, 15) is 9.90 Å². The zero-order chi connectivity index (χ0) is 15.0. The summed E-state index contributed by atoms with van der Waals surface area (Å²) in [6.07, 6.45) is 3.38. The Kier molecular flexibility index (Phi) is 3.17. The minimum absolute atomic E-state index is 0.0963. The minimum Gasteiger partial charge on any atom is -0.493 e. The molecule has 0 radical (unpaired) electrons. The highest BCUT2D eigenvalue weighted by atomic mass is 16.3. The third kappa shape index (κ3) is 2.27. The molecule has 0 aliphatic heterocycles. The van der Waals surface area contributed by atoms with Gasteiger partial charge >= 0.3 is 0 Å². The summed E-state index contributed by atoms with van der Waals surface area (Å²) >= 11 is 0. The lowest BCUT2D eigenvalue weighted by atomic mass is 10.1. The summed E-state index contributed by atoms with van der Waals surface area (Å²) in [7, 11) is 0. The van der Waals surface area contributed by atoms with Crippen LogP contribution in [0.5, 0.6) is 5.88 Å². The Morgan fingerprint density at radius 3 is 2.67 bits per heavy atom. The third-order valence-corrected chi connectivity index (χ3v) is 3.44. The van der Waals surface area contributed by atoms with Crippen molar-refractivity contribution in [3.05, 3.63) is 52.6 Å². The molecular weight excluding hydrogens is 266 g/mol. The van der Waals surface area contributed by atoms with Gasteiger partial charge in [-0.3, -0.25) is 9.78 Å². The summed E-state index contributed by atoms with van der Waals surface area (Å²) in [5.74, 6) is 0.00354. The fourth-order valence-electron chi connectivity index (χ4n) is 2.42. The van der Waals surface area contributed by atoms with E-state index in [1.165, 1.54) is 0 Å². The van der Waals surface area contributed by atoms with Gasteiger partial charge in [0, 0.05) is 23.3 Å². The maximum atomic E-state index is 12.1. The Morgan fingerprint density at radius 1 is 1.19 bits per heavy atom. The summed E-state index contributed by atoms with van der Waals surface area (Å²) in [5, 5.41) is 11.9. The number of hydrogen-bond acceptors (Lipinski definition) is 4. The number of fused-ring (bicyclic) bond motifs is 1. The van der Waals surface area contributed by atoms with Gasteiger partial charge in [-0.2, -0.15) is 4.98 Å². The van der Waals surface area contributed by atoms with Crippen LogP contribution in [0.1, 0.15) is 25.3 Å². The maximum Gasteiger partial charge on any atom is 0.258 e. The molecule has 2 aromatic heterocycles. The number of nitrogens with one attached hydrogen (secondary N) is 1.